The van der Waals surface area contributed by atoms with Crippen molar-refractivity contribution >= 4 is 5.96 Å². The first-order chi connectivity index (χ1) is 10.3. The van der Waals surface area contributed by atoms with Gasteiger partial charge in [-0.2, -0.15) is 0 Å². The van der Waals surface area contributed by atoms with Gasteiger partial charge in [0.15, 0.2) is 5.96 Å². The van der Waals surface area contributed by atoms with Gasteiger partial charge in [0, 0.05) is 59.9 Å². The number of guanidine groups is 1. The Morgan fingerprint density at radius 3 is 2.38 bits per heavy atom. The van der Waals surface area contributed by atoms with Crippen molar-refractivity contribution < 1.29 is 0 Å². The van der Waals surface area contributed by atoms with E-state index in [4.69, 9.17) is 0 Å². The molecule has 0 aromatic heterocycles. The summed E-state index contributed by atoms with van der Waals surface area (Å²) in [5.74, 6) is 0.859. The van der Waals surface area contributed by atoms with Crippen LogP contribution in [0.5, 0.6) is 0 Å². The molecule has 1 heterocycles. The SMILES string of the molecule is CN=C(NC)NCCN1CCN(Cc2ccccc2)CC1. The van der Waals surface area contributed by atoms with Crippen LogP contribution in [0.2, 0.25) is 0 Å². The van der Waals surface area contributed by atoms with E-state index in [2.05, 4.69) is 55.8 Å². The van der Waals surface area contributed by atoms with Crippen molar-refractivity contribution in [3.8, 4) is 0 Å². The maximum absolute atomic E-state index is 4.12. The van der Waals surface area contributed by atoms with Crippen LogP contribution >= 0.6 is 0 Å². The van der Waals surface area contributed by atoms with E-state index >= 15 is 0 Å². The summed E-state index contributed by atoms with van der Waals surface area (Å²) in [5.41, 5.74) is 1.41. The molecule has 2 N–H and O–H groups in total. The van der Waals surface area contributed by atoms with E-state index in [1.807, 2.05) is 7.05 Å². The lowest BCUT2D eigenvalue weighted by Gasteiger charge is -2.34. The van der Waals surface area contributed by atoms with Gasteiger partial charge in [0.25, 0.3) is 0 Å². The minimum atomic E-state index is 0.859. The molecule has 116 valence electrons. The number of nitrogens with zero attached hydrogens (tertiary/aromatic N) is 3. The second kappa shape index (κ2) is 8.64. The molecule has 1 aliphatic rings. The minimum absolute atomic E-state index is 0.859. The summed E-state index contributed by atoms with van der Waals surface area (Å²) in [7, 11) is 3.68. The number of hydrogen-bond acceptors (Lipinski definition) is 3. The molecule has 0 radical (unpaired) electrons. The highest BCUT2D eigenvalue weighted by molar-refractivity contribution is 5.79. The molecule has 1 aliphatic heterocycles. The van der Waals surface area contributed by atoms with Gasteiger partial charge in [-0.05, 0) is 5.56 Å². The fraction of sp³-hybridized carbons (Fsp3) is 0.562. The first-order valence-corrected chi connectivity index (χ1v) is 7.69. The lowest BCUT2D eigenvalue weighted by Crippen LogP contribution is -2.48. The van der Waals surface area contributed by atoms with Gasteiger partial charge in [0.1, 0.15) is 0 Å². The number of aliphatic imine (C=N–C) groups is 1. The summed E-state index contributed by atoms with van der Waals surface area (Å²) < 4.78 is 0. The van der Waals surface area contributed by atoms with Crippen LogP contribution in [0.15, 0.2) is 35.3 Å². The summed E-state index contributed by atoms with van der Waals surface area (Å²) >= 11 is 0. The summed E-state index contributed by atoms with van der Waals surface area (Å²) in [5, 5.41) is 6.34. The number of benzene rings is 1. The number of nitrogens with one attached hydrogen (secondary N) is 2. The molecular formula is C16H27N5. The van der Waals surface area contributed by atoms with Crippen LogP contribution in [0.25, 0.3) is 0 Å². The average molecular weight is 289 g/mol. The Morgan fingerprint density at radius 2 is 1.76 bits per heavy atom. The molecule has 0 saturated carbocycles. The van der Waals surface area contributed by atoms with Crippen molar-refractivity contribution in [3.05, 3.63) is 35.9 Å². The van der Waals surface area contributed by atoms with Crippen LogP contribution in [-0.2, 0) is 6.54 Å². The van der Waals surface area contributed by atoms with Gasteiger partial charge in [0.05, 0.1) is 0 Å². The molecule has 5 heteroatoms. The van der Waals surface area contributed by atoms with E-state index in [9.17, 15) is 0 Å². The molecule has 2 rings (SSSR count). The van der Waals surface area contributed by atoms with Crippen molar-refractivity contribution in [2.24, 2.45) is 4.99 Å². The second-order valence-electron chi connectivity index (χ2n) is 5.35. The third-order valence-corrected chi connectivity index (χ3v) is 3.89. The Hall–Kier alpha value is -1.59. The minimum Gasteiger partial charge on any atom is -0.359 e. The van der Waals surface area contributed by atoms with Crippen molar-refractivity contribution in [1.29, 1.82) is 0 Å². The van der Waals surface area contributed by atoms with Crippen LogP contribution in [0.4, 0.5) is 0 Å². The Morgan fingerprint density at radius 1 is 1.10 bits per heavy atom. The van der Waals surface area contributed by atoms with Gasteiger partial charge in [0.2, 0.25) is 0 Å². The molecule has 1 aromatic rings. The number of hydrogen-bond donors (Lipinski definition) is 2. The molecule has 1 saturated heterocycles. The van der Waals surface area contributed by atoms with Crippen LogP contribution in [0, 0.1) is 0 Å². The molecule has 1 fully saturated rings. The van der Waals surface area contributed by atoms with Crippen LogP contribution in [0.1, 0.15) is 5.56 Å². The first-order valence-electron chi connectivity index (χ1n) is 7.69. The zero-order valence-electron chi connectivity index (χ0n) is 13.2. The largest absolute Gasteiger partial charge is 0.359 e. The highest BCUT2D eigenvalue weighted by Gasteiger charge is 2.16. The molecule has 0 amide bonds. The monoisotopic (exact) mass is 289 g/mol. The fourth-order valence-electron chi connectivity index (χ4n) is 2.62. The fourth-order valence-corrected chi connectivity index (χ4v) is 2.62. The van der Waals surface area contributed by atoms with Gasteiger partial charge < -0.3 is 10.6 Å². The van der Waals surface area contributed by atoms with Crippen molar-refractivity contribution in [2.75, 3.05) is 53.4 Å². The van der Waals surface area contributed by atoms with Crippen LogP contribution < -0.4 is 10.6 Å². The molecule has 0 atom stereocenters. The standard InChI is InChI=1S/C16H27N5/c1-17-16(18-2)19-8-9-20-10-12-21(13-11-20)14-15-6-4-3-5-7-15/h3-7H,8-14H2,1-2H3,(H2,17,18,19). The van der Waals surface area contributed by atoms with E-state index in [0.717, 1.165) is 51.8 Å². The molecule has 0 spiro atoms. The Balaban J connectivity index is 1.64. The van der Waals surface area contributed by atoms with Crippen molar-refractivity contribution in [3.63, 3.8) is 0 Å². The molecule has 0 bridgehead atoms. The zero-order chi connectivity index (χ0) is 14.9. The molecule has 0 unspecified atom stereocenters. The first kappa shape index (κ1) is 15.8. The lowest BCUT2D eigenvalue weighted by atomic mass is 10.2. The smallest absolute Gasteiger partial charge is 0.190 e. The van der Waals surface area contributed by atoms with E-state index in [0.29, 0.717) is 0 Å². The van der Waals surface area contributed by atoms with Crippen molar-refractivity contribution in [1.82, 2.24) is 20.4 Å². The Kier molecular flexibility index (Phi) is 6.50. The third-order valence-electron chi connectivity index (χ3n) is 3.89. The van der Waals surface area contributed by atoms with E-state index in [1.54, 1.807) is 7.05 Å². The van der Waals surface area contributed by atoms with E-state index < -0.39 is 0 Å². The zero-order valence-corrected chi connectivity index (χ0v) is 13.2. The van der Waals surface area contributed by atoms with Gasteiger partial charge in [-0.15, -0.1) is 0 Å². The number of rotatable bonds is 5. The Labute approximate surface area is 128 Å². The third kappa shape index (κ3) is 5.36. The molecule has 1 aromatic carbocycles. The normalized spacial score (nSPS) is 17.7. The summed E-state index contributed by atoms with van der Waals surface area (Å²) in [6.07, 6.45) is 0. The van der Waals surface area contributed by atoms with E-state index in [1.165, 1.54) is 5.56 Å². The Bertz CT molecular complexity index is 424. The molecule has 5 nitrogen and oxygen atoms in total. The van der Waals surface area contributed by atoms with Gasteiger partial charge in [-0.1, -0.05) is 30.3 Å². The maximum atomic E-state index is 4.12. The van der Waals surface area contributed by atoms with Gasteiger partial charge >= 0.3 is 0 Å². The molecular weight excluding hydrogens is 262 g/mol. The topological polar surface area (TPSA) is 42.9 Å². The van der Waals surface area contributed by atoms with Crippen LogP contribution in [-0.4, -0.2) is 69.1 Å². The summed E-state index contributed by atoms with van der Waals surface area (Å²) in [4.78, 5) is 9.16. The average Bonchev–Trinajstić information content (AvgIpc) is 2.54. The van der Waals surface area contributed by atoms with Gasteiger partial charge in [-0.25, -0.2) is 0 Å². The predicted molar refractivity (Wildman–Crippen MR) is 88.6 cm³/mol. The van der Waals surface area contributed by atoms with Crippen LogP contribution in [0.3, 0.4) is 0 Å². The second-order valence-corrected chi connectivity index (χ2v) is 5.35. The predicted octanol–water partition coefficient (Wildman–Crippen LogP) is 0.599. The van der Waals surface area contributed by atoms with Crippen molar-refractivity contribution in [2.45, 2.75) is 6.54 Å². The number of piperazine rings is 1. The molecule has 0 aliphatic carbocycles. The quantitative estimate of drug-likeness (QED) is 0.615. The van der Waals surface area contributed by atoms with Gasteiger partial charge in [-0.3, -0.25) is 14.8 Å². The summed E-state index contributed by atoms with van der Waals surface area (Å²) in [6, 6.07) is 10.7. The summed E-state index contributed by atoms with van der Waals surface area (Å²) in [6.45, 7) is 7.66. The highest BCUT2D eigenvalue weighted by Crippen LogP contribution is 2.07. The van der Waals surface area contributed by atoms with E-state index in [-0.39, 0.29) is 0 Å². The molecule has 21 heavy (non-hydrogen) atoms. The lowest BCUT2D eigenvalue weighted by molar-refractivity contribution is 0.129. The maximum Gasteiger partial charge on any atom is 0.190 e. The highest BCUT2D eigenvalue weighted by atomic mass is 15.3.